The van der Waals surface area contributed by atoms with Gasteiger partial charge in [0, 0.05) is 30.1 Å². The molecule has 4 rings (SSSR count). The summed E-state index contributed by atoms with van der Waals surface area (Å²) in [5.41, 5.74) is 6.74. The van der Waals surface area contributed by atoms with Gasteiger partial charge in [0.15, 0.2) is 0 Å². The number of hydrogen-bond donors (Lipinski definition) is 2. The average Bonchev–Trinajstić information content (AvgIpc) is 3.21. The van der Waals surface area contributed by atoms with Crippen LogP contribution in [-0.2, 0) is 32.5 Å². The highest BCUT2D eigenvalue weighted by Crippen LogP contribution is 2.37. The van der Waals surface area contributed by atoms with E-state index >= 15 is 0 Å². The van der Waals surface area contributed by atoms with E-state index in [4.69, 9.17) is 15.2 Å². The van der Waals surface area contributed by atoms with E-state index in [1.165, 1.54) is 51.9 Å². The summed E-state index contributed by atoms with van der Waals surface area (Å²) in [6.07, 6.45) is -0.0687. The predicted molar refractivity (Wildman–Crippen MR) is 123 cm³/mol. The molecule has 1 aromatic carbocycles. The third kappa shape index (κ3) is 4.64. The van der Waals surface area contributed by atoms with Gasteiger partial charge < -0.3 is 25.4 Å². The van der Waals surface area contributed by atoms with Crippen LogP contribution in [0.4, 0.5) is 9.80 Å². The summed E-state index contributed by atoms with van der Waals surface area (Å²) >= 11 is 1.17. The van der Waals surface area contributed by atoms with E-state index in [2.05, 4.69) is 5.32 Å². The zero-order valence-electron chi connectivity index (χ0n) is 18.4. The first-order valence-electron chi connectivity index (χ1n) is 10.5. The second-order valence-corrected chi connectivity index (χ2v) is 10.8. The van der Waals surface area contributed by atoms with E-state index in [9.17, 15) is 22.8 Å². The highest BCUT2D eigenvalue weighted by atomic mass is 32.2. The van der Waals surface area contributed by atoms with Gasteiger partial charge in [-0.25, -0.2) is 13.2 Å². The van der Waals surface area contributed by atoms with Gasteiger partial charge in [0.05, 0.1) is 37.3 Å². The first-order chi connectivity index (χ1) is 16.2. The van der Waals surface area contributed by atoms with Gasteiger partial charge in [-0.05, 0) is 36.2 Å². The number of fused-ring (bicyclic) bond motifs is 1. The fourth-order valence-corrected chi connectivity index (χ4v) is 6.60. The van der Waals surface area contributed by atoms with Crippen LogP contribution in [0.25, 0.3) is 0 Å². The van der Waals surface area contributed by atoms with Gasteiger partial charge in [0.1, 0.15) is 5.00 Å². The molecule has 182 valence electrons. The Morgan fingerprint density at radius 2 is 1.79 bits per heavy atom. The maximum Gasteiger partial charge on any atom is 0.409 e. The van der Waals surface area contributed by atoms with E-state index in [-0.39, 0.29) is 35.7 Å². The highest BCUT2D eigenvalue weighted by Gasteiger charge is 2.30. The molecule has 0 bridgehead atoms. The van der Waals surface area contributed by atoms with Crippen LogP contribution in [0.1, 0.15) is 31.2 Å². The number of anilines is 1. The number of methoxy groups -OCH3 is 1. The number of nitrogens with one attached hydrogen (secondary N) is 1. The maximum atomic E-state index is 12.9. The maximum absolute atomic E-state index is 12.9. The van der Waals surface area contributed by atoms with Crippen molar-refractivity contribution in [2.24, 2.45) is 5.73 Å². The molecule has 0 spiro atoms. The summed E-state index contributed by atoms with van der Waals surface area (Å²) in [4.78, 5) is 39.2. The van der Waals surface area contributed by atoms with Crippen molar-refractivity contribution in [1.29, 1.82) is 0 Å². The lowest BCUT2D eigenvalue weighted by Gasteiger charge is -2.26. The molecule has 0 aliphatic carbocycles. The Balaban J connectivity index is 1.53. The number of rotatable bonds is 5. The number of morpholine rings is 1. The lowest BCUT2D eigenvalue weighted by molar-refractivity contribution is 0.0730. The number of amides is 3. The number of hydrogen-bond acceptors (Lipinski definition) is 8. The second kappa shape index (κ2) is 9.70. The van der Waals surface area contributed by atoms with Crippen LogP contribution >= 0.6 is 11.3 Å². The normalized spacial score (nSPS) is 16.6. The Bertz CT molecular complexity index is 1220. The van der Waals surface area contributed by atoms with E-state index in [0.717, 1.165) is 4.88 Å². The minimum Gasteiger partial charge on any atom is -0.453 e. The van der Waals surface area contributed by atoms with Crippen molar-refractivity contribution >= 4 is 44.3 Å². The molecule has 2 aromatic rings. The van der Waals surface area contributed by atoms with Gasteiger partial charge in [-0.15, -0.1) is 11.3 Å². The van der Waals surface area contributed by atoms with Gasteiger partial charge >= 0.3 is 6.09 Å². The molecule has 3 N–H and O–H groups in total. The van der Waals surface area contributed by atoms with E-state index in [1.807, 2.05) is 0 Å². The predicted octanol–water partition coefficient (Wildman–Crippen LogP) is 1.24. The first kappa shape index (κ1) is 24.1. The summed E-state index contributed by atoms with van der Waals surface area (Å²) in [6, 6.07) is 5.59. The van der Waals surface area contributed by atoms with E-state index < -0.39 is 27.9 Å². The molecular formula is C21H24N4O7S2. The molecule has 0 radical (unpaired) electrons. The van der Waals surface area contributed by atoms with E-state index in [1.54, 1.807) is 0 Å². The number of sulfonamides is 1. The molecule has 1 fully saturated rings. The van der Waals surface area contributed by atoms with Crippen LogP contribution in [0.3, 0.4) is 0 Å². The number of primary amides is 1. The van der Waals surface area contributed by atoms with Crippen LogP contribution in [0.15, 0.2) is 29.2 Å². The van der Waals surface area contributed by atoms with Crippen molar-refractivity contribution < 1.29 is 32.3 Å². The Morgan fingerprint density at radius 3 is 2.41 bits per heavy atom. The molecule has 3 heterocycles. The standard InChI is InChI=1S/C21H24N4O7S2/c1-31-21(28)24-7-6-15-16(12-24)33-20(17(15)18(22)26)23-19(27)13-2-4-14(5-3-13)34(29,30)25-8-10-32-11-9-25/h2-5H,6-12H2,1H3,(H2,22,26)(H,23,27). The molecule has 1 saturated heterocycles. The smallest absolute Gasteiger partial charge is 0.409 e. The fraction of sp³-hybridized carbons (Fsp3) is 0.381. The zero-order valence-corrected chi connectivity index (χ0v) is 20.0. The van der Waals surface area contributed by atoms with Crippen molar-refractivity contribution in [1.82, 2.24) is 9.21 Å². The molecule has 1 aromatic heterocycles. The minimum atomic E-state index is -3.68. The summed E-state index contributed by atoms with van der Waals surface area (Å²) in [5, 5.41) is 3.00. The highest BCUT2D eigenvalue weighted by molar-refractivity contribution is 7.89. The third-order valence-electron chi connectivity index (χ3n) is 5.69. The van der Waals surface area contributed by atoms with Crippen LogP contribution in [0.2, 0.25) is 0 Å². The molecule has 3 amide bonds. The van der Waals surface area contributed by atoms with Gasteiger partial charge in [-0.3, -0.25) is 9.59 Å². The zero-order chi connectivity index (χ0) is 24.5. The molecule has 2 aliphatic rings. The number of nitrogens with two attached hydrogens (primary N) is 1. The molecule has 0 saturated carbocycles. The Labute approximate surface area is 200 Å². The fourth-order valence-electron chi connectivity index (χ4n) is 3.93. The molecule has 2 aliphatic heterocycles. The van der Waals surface area contributed by atoms with E-state index in [0.29, 0.717) is 36.7 Å². The molecule has 11 nitrogen and oxygen atoms in total. The topological polar surface area (TPSA) is 148 Å². The molecule has 0 atom stereocenters. The van der Waals surface area contributed by atoms with Crippen molar-refractivity contribution in [2.75, 3.05) is 45.3 Å². The van der Waals surface area contributed by atoms with Crippen molar-refractivity contribution in [3.05, 3.63) is 45.8 Å². The summed E-state index contributed by atoms with van der Waals surface area (Å²) < 4.78 is 36.9. The largest absolute Gasteiger partial charge is 0.453 e. The van der Waals surface area contributed by atoms with Gasteiger partial charge in [0.2, 0.25) is 10.0 Å². The molecule has 13 heteroatoms. The monoisotopic (exact) mass is 508 g/mol. The van der Waals surface area contributed by atoms with Gasteiger partial charge in [-0.1, -0.05) is 0 Å². The lowest BCUT2D eigenvalue weighted by atomic mass is 10.0. The van der Waals surface area contributed by atoms with Gasteiger partial charge in [0.25, 0.3) is 11.8 Å². The van der Waals surface area contributed by atoms with Crippen LogP contribution in [0.5, 0.6) is 0 Å². The summed E-state index contributed by atoms with van der Waals surface area (Å²) in [6.45, 7) is 1.84. The molecule has 34 heavy (non-hydrogen) atoms. The molecule has 0 unspecified atom stereocenters. The quantitative estimate of drug-likeness (QED) is 0.617. The SMILES string of the molecule is COC(=O)N1CCc2c(sc(NC(=O)c3ccc(S(=O)(=O)N4CCOCC4)cc3)c2C(N)=O)C1. The summed E-state index contributed by atoms with van der Waals surface area (Å²) in [7, 11) is -2.38. The van der Waals surface area contributed by atoms with Crippen LogP contribution in [-0.4, -0.2) is 75.5 Å². The van der Waals surface area contributed by atoms with Crippen LogP contribution in [0, 0.1) is 0 Å². The number of carbonyl (C=O) groups excluding carboxylic acids is 3. The van der Waals surface area contributed by atoms with Crippen molar-refractivity contribution in [3.63, 3.8) is 0 Å². The molecular weight excluding hydrogens is 484 g/mol. The Kier molecular flexibility index (Phi) is 6.89. The Morgan fingerprint density at radius 1 is 1.12 bits per heavy atom. The summed E-state index contributed by atoms with van der Waals surface area (Å²) in [5.74, 6) is -1.19. The number of ether oxygens (including phenoxy) is 2. The van der Waals surface area contributed by atoms with Crippen LogP contribution < -0.4 is 11.1 Å². The average molecular weight is 509 g/mol. The third-order valence-corrected chi connectivity index (χ3v) is 8.73. The number of nitrogens with zero attached hydrogens (tertiary/aromatic N) is 2. The first-order valence-corrected chi connectivity index (χ1v) is 12.7. The number of carbonyl (C=O) groups is 3. The number of thiophene rings is 1. The minimum absolute atomic E-state index is 0.0817. The van der Waals surface area contributed by atoms with Crippen molar-refractivity contribution in [2.45, 2.75) is 17.9 Å². The Hall–Kier alpha value is -3.00. The van der Waals surface area contributed by atoms with Gasteiger partial charge in [-0.2, -0.15) is 4.31 Å². The number of benzene rings is 1. The second-order valence-electron chi connectivity index (χ2n) is 7.71. The van der Waals surface area contributed by atoms with Crippen molar-refractivity contribution in [3.8, 4) is 0 Å². The lowest BCUT2D eigenvalue weighted by Crippen LogP contribution is -2.40.